The van der Waals surface area contributed by atoms with Gasteiger partial charge in [0.15, 0.2) is 0 Å². The number of carbonyl (C=O) groups excluding carboxylic acids is 1. The van der Waals surface area contributed by atoms with Crippen molar-refractivity contribution in [3.8, 4) is 6.07 Å². The van der Waals surface area contributed by atoms with Crippen molar-refractivity contribution in [2.45, 2.75) is 6.54 Å². The second kappa shape index (κ2) is 6.52. The van der Waals surface area contributed by atoms with Crippen molar-refractivity contribution in [2.75, 3.05) is 5.32 Å². The fourth-order valence-electron chi connectivity index (χ4n) is 2.27. The van der Waals surface area contributed by atoms with Gasteiger partial charge in [-0.1, -0.05) is 17.7 Å². The summed E-state index contributed by atoms with van der Waals surface area (Å²) in [6.07, 6.45) is 1.32. The number of nitriles is 1. The summed E-state index contributed by atoms with van der Waals surface area (Å²) in [7, 11) is 0. The molecule has 0 bridgehead atoms. The van der Waals surface area contributed by atoms with Gasteiger partial charge in [-0.15, -0.1) is 0 Å². The van der Waals surface area contributed by atoms with E-state index in [2.05, 4.69) is 10.3 Å². The first-order valence-corrected chi connectivity index (χ1v) is 7.39. The number of hydrogen-bond acceptors (Lipinski definition) is 4. The highest BCUT2D eigenvalue weighted by Gasteiger charge is 2.09. The summed E-state index contributed by atoms with van der Waals surface area (Å²) in [5.41, 5.74) is 1.10. The maximum Gasteiger partial charge on any atom is 0.261 e. The molecule has 0 aliphatic rings. The Labute approximate surface area is 141 Å². The molecule has 24 heavy (non-hydrogen) atoms. The van der Waals surface area contributed by atoms with E-state index in [1.807, 2.05) is 6.07 Å². The Balaban J connectivity index is 1.84. The average Bonchev–Trinajstić information content (AvgIpc) is 2.58. The minimum absolute atomic E-state index is 0.189. The third-order valence-corrected chi connectivity index (χ3v) is 3.61. The van der Waals surface area contributed by atoms with Gasteiger partial charge in [0.05, 0.1) is 28.9 Å². The van der Waals surface area contributed by atoms with Gasteiger partial charge in [0, 0.05) is 10.7 Å². The molecule has 1 N–H and O–H groups in total. The quantitative estimate of drug-likeness (QED) is 0.795. The molecule has 0 aliphatic heterocycles. The summed E-state index contributed by atoms with van der Waals surface area (Å²) in [4.78, 5) is 28.7. The van der Waals surface area contributed by atoms with Crippen LogP contribution in [-0.4, -0.2) is 15.5 Å². The van der Waals surface area contributed by atoms with Crippen LogP contribution in [0.3, 0.4) is 0 Å². The monoisotopic (exact) mass is 338 g/mol. The Morgan fingerprint density at radius 2 is 2.12 bits per heavy atom. The van der Waals surface area contributed by atoms with Crippen LogP contribution < -0.4 is 10.9 Å². The van der Waals surface area contributed by atoms with Crippen molar-refractivity contribution in [2.24, 2.45) is 0 Å². The van der Waals surface area contributed by atoms with E-state index in [0.717, 1.165) is 0 Å². The van der Waals surface area contributed by atoms with E-state index < -0.39 is 5.91 Å². The number of benzene rings is 2. The normalized spacial score (nSPS) is 10.3. The minimum atomic E-state index is -0.393. The Morgan fingerprint density at radius 1 is 1.29 bits per heavy atom. The lowest BCUT2D eigenvalue weighted by Crippen LogP contribution is -2.27. The van der Waals surface area contributed by atoms with E-state index in [1.165, 1.54) is 17.0 Å². The molecule has 3 rings (SSSR count). The zero-order valence-corrected chi connectivity index (χ0v) is 13.1. The summed E-state index contributed by atoms with van der Waals surface area (Å²) in [5.74, 6) is -0.393. The molecule has 0 spiro atoms. The van der Waals surface area contributed by atoms with Gasteiger partial charge in [0.2, 0.25) is 5.91 Å². The molecule has 0 fully saturated rings. The SMILES string of the molecule is N#Cc1cccc(NC(=O)Cn2cnc3ccc(Cl)cc3c2=O)c1. The van der Waals surface area contributed by atoms with Crippen molar-refractivity contribution >= 4 is 34.1 Å². The fraction of sp³-hybridized carbons (Fsp3) is 0.0588. The Morgan fingerprint density at radius 3 is 2.92 bits per heavy atom. The number of nitrogens with zero attached hydrogens (tertiary/aromatic N) is 3. The topological polar surface area (TPSA) is 87.8 Å². The van der Waals surface area contributed by atoms with Crippen LogP contribution in [0.15, 0.2) is 53.6 Å². The van der Waals surface area contributed by atoms with E-state index in [0.29, 0.717) is 27.2 Å². The van der Waals surface area contributed by atoms with Crippen molar-refractivity contribution in [3.05, 3.63) is 69.7 Å². The molecule has 3 aromatic rings. The largest absolute Gasteiger partial charge is 0.324 e. The van der Waals surface area contributed by atoms with Gasteiger partial charge in [-0.05, 0) is 36.4 Å². The number of rotatable bonds is 3. The van der Waals surface area contributed by atoms with Crippen LogP contribution in [0.25, 0.3) is 10.9 Å². The zero-order valence-electron chi connectivity index (χ0n) is 12.4. The van der Waals surface area contributed by atoms with Gasteiger partial charge >= 0.3 is 0 Å². The van der Waals surface area contributed by atoms with Crippen molar-refractivity contribution in [1.82, 2.24) is 9.55 Å². The van der Waals surface area contributed by atoms with E-state index >= 15 is 0 Å². The molecule has 0 atom stereocenters. The molecule has 6 nitrogen and oxygen atoms in total. The second-order valence-electron chi connectivity index (χ2n) is 5.08. The number of anilines is 1. The number of amides is 1. The molecule has 0 saturated carbocycles. The van der Waals surface area contributed by atoms with Gasteiger partial charge in [-0.3, -0.25) is 14.2 Å². The fourth-order valence-corrected chi connectivity index (χ4v) is 2.44. The molecule has 2 aromatic carbocycles. The summed E-state index contributed by atoms with van der Waals surface area (Å²) in [6, 6.07) is 13.3. The molecular formula is C17H11ClN4O2. The van der Waals surface area contributed by atoms with Gasteiger partial charge < -0.3 is 5.32 Å². The minimum Gasteiger partial charge on any atom is -0.324 e. The molecular weight excluding hydrogens is 328 g/mol. The van der Waals surface area contributed by atoms with E-state index in [4.69, 9.17) is 16.9 Å². The first-order chi connectivity index (χ1) is 11.6. The predicted octanol–water partition coefficient (Wildman–Crippen LogP) is 2.56. The van der Waals surface area contributed by atoms with Crippen molar-refractivity contribution < 1.29 is 4.79 Å². The van der Waals surface area contributed by atoms with Crippen LogP contribution in [-0.2, 0) is 11.3 Å². The highest BCUT2D eigenvalue weighted by Crippen LogP contribution is 2.14. The Bertz CT molecular complexity index is 1040. The third kappa shape index (κ3) is 3.26. The van der Waals surface area contributed by atoms with Gasteiger partial charge in [0.25, 0.3) is 5.56 Å². The number of fused-ring (bicyclic) bond motifs is 1. The van der Waals surface area contributed by atoms with Crippen LogP contribution in [0.5, 0.6) is 0 Å². The molecule has 0 aliphatic carbocycles. The maximum absolute atomic E-state index is 12.4. The Kier molecular flexibility index (Phi) is 4.27. The van der Waals surface area contributed by atoms with Crippen LogP contribution in [0.2, 0.25) is 5.02 Å². The first kappa shape index (κ1) is 15.7. The van der Waals surface area contributed by atoms with Gasteiger partial charge in [-0.25, -0.2) is 4.98 Å². The van der Waals surface area contributed by atoms with Crippen LogP contribution in [0.4, 0.5) is 5.69 Å². The lowest BCUT2D eigenvalue weighted by Gasteiger charge is -2.08. The van der Waals surface area contributed by atoms with Crippen molar-refractivity contribution in [3.63, 3.8) is 0 Å². The van der Waals surface area contributed by atoms with E-state index in [9.17, 15) is 9.59 Å². The Hall–Kier alpha value is -3.17. The summed E-state index contributed by atoms with van der Waals surface area (Å²) < 4.78 is 1.21. The maximum atomic E-state index is 12.4. The third-order valence-electron chi connectivity index (χ3n) is 3.38. The molecule has 0 radical (unpaired) electrons. The first-order valence-electron chi connectivity index (χ1n) is 7.01. The van der Waals surface area contributed by atoms with Crippen LogP contribution >= 0.6 is 11.6 Å². The van der Waals surface area contributed by atoms with E-state index in [-0.39, 0.29) is 12.1 Å². The highest BCUT2D eigenvalue weighted by molar-refractivity contribution is 6.31. The summed E-state index contributed by atoms with van der Waals surface area (Å²) in [5, 5.41) is 12.3. The number of halogens is 1. The lowest BCUT2D eigenvalue weighted by atomic mass is 10.2. The lowest BCUT2D eigenvalue weighted by molar-refractivity contribution is -0.116. The molecule has 1 heterocycles. The molecule has 0 unspecified atom stereocenters. The van der Waals surface area contributed by atoms with Crippen LogP contribution in [0.1, 0.15) is 5.56 Å². The smallest absolute Gasteiger partial charge is 0.261 e. The zero-order chi connectivity index (χ0) is 17.1. The number of nitrogens with one attached hydrogen (secondary N) is 1. The van der Waals surface area contributed by atoms with Crippen molar-refractivity contribution in [1.29, 1.82) is 5.26 Å². The number of hydrogen-bond donors (Lipinski definition) is 1. The molecule has 0 saturated heterocycles. The number of carbonyl (C=O) groups is 1. The van der Waals surface area contributed by atoms with Gasteiger partial charge in [-0.2, -0.15) is 5.26 Å². The van der Waals surface area contributed by atoms with Gasteiger partial charge in [0.1, 0.15) is 6.54 Å². The number of aromatic nitrogens is 2. The second-order valence-corrected chi connectivity index (χ2v) is 5.52. The molecule has 7 heteroatoms. The van der Waals surface area contributed by atoms with E-state index in [1.54, 1.807) is 36.4 Å². The molecule has 1 aromatic heterocycles. The summed E-state index contributed by atoms with van der Waals surface area (Å²) in [6.45, 7) is -0.189. The molecule has 1 amide bonds. The highest BCUT2D eigenvalue weighted by atomic mass is 35.5. The summed E-state index contributed by atoms with van der Waals surface area (Å²) >= 11 is 5.90. The average molecular weight is 339 g/mol. The predicted molar refractivity (Wildman–Crippen MR) is 90.8 cm³/mol. The standard InChI is InChI=1S/C17H11ClN4O2/c18-12-4-5-15-14(7-12)17(24)22(10-20-15)9-16(23)21-13-3-1-2-11(6-13)8-19/h1-7,10H,9H2,(H,21,23). The van der Waals surface area contributed by atoms with Crippen LogP contribution in [0, 0.1) is 11.3 Å². The molecule has 118 valence electrons.